The highest BCUT2D eigenvalue weighted by atomic mass is 16.2. The predicted molar refractivity (Wildman–Crippen MR) is 94.4 cm³/mol. The number of nitrogens with one attached hydrogen (secondary N) is 2. The van der Waals surface area contributed by atoms with Gasteiger partial charge in [-0.2, -0.15) is 0 Å². The summed E-state index contributed by atoms with van der Waals surface area (Å²) in [6.45, 7) is 4.14. The van der Waals surface area contributed by atoms with Crippen LogP contribution >= 0.6 is 0 Å². The second-order valence-corrected chi connectivity index (χ2v) is 7.46. The molecule has 0 spiro atoms. The number of rotatable bonds is 4. The third kappa shape index (κ3) is 3.47. The second-order valence-electron chi connectivity index (χ2n) is 7.46. The van der Waals surface area contributed by atoms with Gasteiger partial charge in [0.1, 0.15) is 0 Å². The molecule has 24 heavy (non-hydrogen) atoms. The molecule has 2 aliphatic rings. The Hall–Kier alpha value is -1.84. The van der Waals surface area contributed by atoms with Crippen molar-refractivity contribution >= 4 is 11.8 Å². The van der Waals surface area contributed by atoms with E-state index in [0.29, 0.717) is 6.42 Å². The Kier molecular flexibility index (Phi) is 4.93. The molecule has 1 aromatic rings. The van der Waals surface area contributed by atoms with Crippen molar-refractivity contribution in [2.24, 2.45) is 5.92 Å². The summed E-state index contributed by atoms with van der Waals surface area (Å²) in [4.78, 5) is 24.8. The van der Waals surface area contributed by atoms with Crippen LogP contribution in [-0.2, 0) is 15.1 Å². The van der Waals surface area contributed by atoms with Crippen molar-refractivity contribution in [1.82, 2.24) is 10.6 Å². The lowest BCUT2D eigenvalue weighted by Gasteiger charge is -2.35. The van der Waals surface area contributed by atoms with Gasteiger partial charge in [-0.3, -0.25) is 9.59 Å². The van der Waals surface area contributed by atoms with Crippen LogP contribution in [0.5, 0.6) is 0 Å². The van der Waals surface area contributed by atoms with E-state index in [1.807, 2.05) is 0 Å². The first-order valence-corrected chi connectivity index (χ1v) is 9.21. The fourth-order valence-corrected chi connectivity index (χ4v) is 4.21. The lowest BCUT2D eigenvalue weighted by Crippen LogP contribution is -2.51. The smallest absolute Gasteiger partial charge is 0.224 e. The van der Waals surface area contributed by atoms with Crippen molar-refractivity contribution in [2.75, 3.05) is 0 Å². The van der Waals surface area contributed by atoms with Gasteiger partial charge >= 0.3 is 0 Å². The minimum atomic E-state index is -0.251. The van der Waals surface area contributed by atoms with Crippen LogP contribution in [0, 0.1) is 12.8 Å². The van der Waals surface area contributed by atoms with Crippen molar-refractivity contribution in [3.05, 3.63) is 35.4 Å². The van der Waals surface area contributed by atoms with Gasteiger partial charge < -0.3 is 10.6 Å². The Labute approximate surface area is 144 Å². The van der Waals surface area contributed by atoms with Gasteiger partial charge in [-0.05, 0) is 38.2 Å². The molecule has 0 unspecified atom stereocenters. The Bertz CT molecular complexity index is 620. The molecule has 0 aromatic heterocycles. The van der Waals surface area contributed by atoms with E-state index >= 15 is 0 Å². The average Bonchev–Trinajstić information content (AvgIpc) is 3.04. The lowest BCUT2D eigenvalue weighted by atomic mass is 9.84. The van der Waals surface area contributed by atoms with Crippen LogP contribution in [0.2, 0.25) is 0 Å². The van der Waals surface area contributed by atoms with Gasteiger partial charge in [0, 0.05) is 18.4 Å². The minimum absolute atomic E-state index is 0.00396. The number of piperidine rings is 1. The quantitative estimate of drug-likeness (QED) is 0.892. The Balaban J connectivity index is 1.78. The van der Waals surface area contributed by atoms with E-state index in [0.717, 1.165) is 38.5 Å². The molecule has 0 bridgehead atoms. The molecule has 1 heterocycles. The number of amides is 2. The number of hydrogen-bond donors (Lipinski definition) is 2. The van der Waals surface area contributed by atoms with E-state index in [1.54, 1.807) is 0 Å². The van der Waals surface area contributed by atoms with Crippen LogP contribution < -0.4 is 10.6 Å². The summed E-state index contributed by atoms with van der Waals surface area (Å²) in [6, 6.07) is 8.60. The monoisotopic (exact) mass is 328 g/mol. The summed E-state index contributed by atoms with van der Waals surface area (Å²) in [6.07, 6.45) is 6.17. The highest BCUT2D eigenvalue weighted by molar-refractivity contribution is 5.87. The van der Waals surface area contributed by atoms with E-state index in [9.17, 15) is 9.59 Å². The van der Waals surface area contributed by atoms with Crippen LogP contribution in [0.4, 0.5) is 0 Å². The summed E-state index contributed by atoms with van der Waals surface area (Å²) in [5, 5.41) is 6.33. The van der Waals surface area contributed by atoms with Crippen LogP contribution in [-0.4, -0.2) is 17.9 Å². The van der Waals surface area contributed by atoms with Gasteiger partial charge in [-0.25, -0.2) is 0 Å². The van der Waals surface area contributed by atoms with Crippen molar-refractivity contribution in [3.8, 4) is 0 Å². The summed E-state index contributed by atoms with van der Waals surface area (Å²) >= 11 is 0. The van der Waals surface area contributed by atoms with E-state index in [2.05, 4.69) is 48.7 Å². The molecule has 1 saturated carbocycles. The summed E-state index contributed by atoms with van der Waals surface area (Å²) in [5.41, 5.74) is 2.18. The molecular formula is C20H28N2O2. The van der Waals surface area contributed by atoms with Gasteiger partial charge in [0.05, 0.1) is 5.54 Å². The van der Waals surface area contributed by atoms with Gasteiger partial charge in [-0.1, -0.05) is 49.6 Å². The number of hydrogen-bond acceptors (Lipinski definition) is 2. The zero-order chi connectivity index (χ0) is 17.2. The first-order chi connectivity index (χ1) is 11.5. The van der Waals surface area contributed by atoms with Gasteiger partial charge in [0.25, 0.3) is 0 Å². The van der Waals surface area contributed by atoms with Crippen molar-refractivity contribution in [2.45, 2.75) is 70.4 Å². The molecule has 0 radical (unpaired) electrons. The fourth-order valence-electron chi connectivity index (χ4n) is 4.21. The first kappa shape index (κ1) is 17.0. The average molecular weight is 328 g/mol. The van der Waals surface area contributed by atoms with Gasteiger partial charge in [0.15, 0.2) is 0 Å². The number of carbonyl (C=O) groups is 2. The van der Waals surface area contributed by atoms with E-state index in [4.69, 9.17) is 0 Å². The van der Waals surface area contributed by atoms with Crippen LogP contribution in [0.25, 0.3) is 0 Å². The van der Waals surface area contributed by atoms with Crippen molar-refractivity contribution < 1.29 is 9.59 Å². The minimum Gasteiger partial charge on any atom is -0.353 e. The normalized spacial score (nSPS) is 26.0. The number of benzene rings is 1. The van der Waals surface area contributed by atoms with E-state index in [1.165, 1.54) is 11.1 Å². The molecule has 3 rings (SSSR count). The first-order valence-electron chi connectivity index (χ1n) is 9.21. The summed E-state index contributed by atoms with van der Waals surface area (Å²) in [7, 11) is 0. The molecule has 1 aromatic carbocycles. The molecule has 2 fully saturated rings. The molecule has 1 aliphatic carbocycles. The topological polar surface area (TPSA) is 58.2 Å². The standard InChI is InChI=1S/C20H28N2O2/c1-3-17-12-15(13-18(23)21-17)19(24)22-20(9-4-5-10-20)16-8-6-7-14(2)11-16/h6-8,11,15,17H,3-5,9-10,12-13H2,1-2H3,(H,21,23)(H,22,24)/t15-,17+/m0/s1. The maximum Gasteiger partial charge on any atom is 0.224 e. The Morgan fingerprint density at radius 2 is 2.08 bits per heavy atom. The second kappa shape index (κ2) is 6.96. The molecule has 130 valence electrons. The van der Waals surface area contributed by atoms with Gasteiger partial charge in [0.2, 0.25) is 11.8 Å². The summed E-state index contributed by atoms with van der Waals surface area (Å²) in [5.74, 6) is -0.151. The molecule has 4 heteroatoms. The largest absolute Gasteiger partial charge is 0.353 e. The highest BCUT2D eigenvalue weighted by Gasteiger charge is 2.40. The maximum atomic E-state index is 12.9. The SMILES string of the molecule is CC[C@@H]1C[C@H](C(=O)NC2(c3cccc(C)c3)CCCC2)CC(=O)N1. The third-order valence-electron chi connectivity index (χ3n) is 5.62. The van der Waals surface area contributed by atoms with Crippen LogP contribution in [0.15, 0.2) is 24.3 Å². The van der Waals surface area contributed by atoms with Crippen LogP contribution in [0.3, 0.4) is 0 Å². The summed E-state index contributed by atoms with van der Waals surface area (Å²) < 4.78 is 0. The Morgan fingerprint density at radius 3 is 2.75 bits per heavy atom. The molecule has 2 atom stereocenters. The Morgan fingerprint density at radius 1 is 1.33 bits per heavy atom. The maximum absolute atomic E-state index is 12.9. The zero-order valence-electron chi connectivity index (χ0n) is 14.7. The lowest BCUT2D eigenvalue weighted by molar-refractivity contribution is -0.134. The third-order valence-corrected chi connectivity index (χ3v) is 5.62. The molecule has 2 N–H and O–H groups in total. The molecule has 2 amide bonds. The van der Waals surface area contributed by atoms with Gasteiger partial charge in [-0.15, -0.1) is 0 Å². The highest BCUT2D eigenvalue weighted by Crippen LogP contribution is 2.39. The molecule has 1 saturated heterocycles. The number of carbonyl (C=O) groups excluding carboxylic acids is 2. The molecule has 1 aliphatic heterocycles. The molecular weight excluding hydrogens is 300 g/mol. The van der Waals surface area contributed by atoms with E-state index in [-0.39, 0.29) is 29.3 Å². The zero-order valence-corrected chi connectivity index (χ0v) is 14.7. The van der Waals surface area contributed by atoms with E-state index < -0.39 is 0 Å². The molecule has 4 nitrogen and oxygen atoms in total. The van der Waals surface area contributed by atoms with Crippen molar-refractivity contribution in [3.63, 3.8) is 0 Å². The number of aryl methyl sites for hydroxylation is 1. The predicted octanol–water partition coefficient (Wildman–Crippen LogP) is 3.19. The van der Waals surface area contributed by atoms with Crippen molar-refractivity contribution in [1.29, 1.82) is 0 Å². The fraction of sp³-hybridized carbons (Fsp3) is 0.600. The van der Waals surface area contributed by atoms with Crippen LogP contribution in [0.1, 0.15) is 63.0 Å².